The first-order chi connectivity index (χ1) is 22.9. The molecule has 2 heterocycles. The number of hydrogen-bond donors (Lipinski definition) is 1. The van der Waals surface area contributed by atoms with Crippen LogP contribution >= 0.6 is 31.9 Å². The van der Waals surface area contributed by atoms with Gasteiger partial charge in [-0.3, -0.25) is 9.36 Å². The first-order valence-electron chi connectivity index (χ1n) is 16.8. The predicted molar refractivity (Wildman–Crippen MR) is 194 cm³/mol. The predicted octanol–water partition coefficient (Wildman–Crippen LogP) is 6.54. The van der Waals surface area contributed by atoms with Gasteiger partial charge in [-0.1, -0.05) is 35.4 Å². The lowest BCUT2D eigenvalue weighted by Gasteiger charge is -2.12. The standard InChI is InChI=1S/C35H50Br2N8O2/c1-38-18-8-22-46-34-14-12-28(24-32(34)36)16-20-44-26-30(39-41-44)10-6-4-5-7-11-31-27-45(42-40-31)21-17-29-13-15-35(33(37)25-29)47-23-9-19-43(2)3/h12-15,24-27,38H,4-11,16-23H2,1-3H3. The van der Waals surface area contributed by atoms with Crippen molar-refractivity contribution in [2.45, 2.75) is 77.3 Å². The molecule has 0 unspecified atom stereocenters. The number of hydrogen-bond acceptors (Lipinski definition) is 8. The van der Waals surface area contributed by atoms with Crippen molar-refractivity contribution in [3.05, 3.63) is 80.3 Å². The highest BCUT2D eigenvalue weighted by molar-refractivity contribution is 9.10. The number of benzene rings is 2. The highest BCUT2D eigenvalue weighted by Crippen LogP contribution is 2.27. The molecular formula is C35H50Br2N8O2. The van der Waals surface area contributed by atoms with E-state index in [-0.39, 0.29) is 0 Å². The van der Waals surface area contributed by atoms with Crippen LogP contribution in [0.4, 0.5) is 0 Å². The number of ether oxygens (including phenoxy) is 2. The molecule has 12 heteroatoms. The van der Waals surface area contributed by atoms with Gasteiger partial charge in [0.15, 0.2) is 0 Å². The topological polar surface area (TPSA) is 95.2 Å². The Hall–Kier alpha value is -2.80. The third-order valence-corrected chi connectivity index (χ3v) is 9.12. The van der Waals surface area contributed by atoms with E-state index in [9.17, 15) is 0 Å². The lowest BCUT2D eigenvalue weighted by Crippen LogP contribution is -2.15. The monoisotopic (exact) mass is 772 g/mol. The van der Waals surface area contributed by atoms with E-state index in [4.69, 9.17) is 9.47 Å². The van der Waals surface area contributed by atoms with Gasteiger partial charge in [0.25, 0.3) is 0 Å². The van der Waals surface area contributed by atoms with Crippen LogP contribution in [-0.2, 0) is 38.8 Å². The van der Waals surface area contributed by atoms with Crippen molar-refractivity contribution in [3.8, 4) is 11.5 Å². The molecule has 0 aliphatic heterocycles. The van der Waals surface area contributed by atoms with E-state index < -0.39 is 0 Å². The number of nitrogens with one attached hydrogen (secondary N) is 1. The average Bonchev–Trinajstić information content (AvgIpc) is 3.72. The van der Waals surface area contributed by atoms with Crippen LogP contribution in [0.5, 0.6) is 11.5 Å². The molecule has 256 valence electrons. The fourth-order valence-electron chi connectivity index (χ4n) is 5.21. The molecule has 1 N–H and O–H groups in total. The van der Waals surface area contributed by atoms with Crippen LogP contribution in [0.3, 0.4) is 0 Å². The number of nitrogens with zero attached hydrogens (tertiary/aromatic N) is 7. The number of unbranched alkanes of at least 4 members (excludes halogenated alkanes) is 3. The van der Waals surface area contributed by atoms with Crippen LogP contribution in [-0.4, -0.2) is 82.3 Å². The van der Waals surface area contributed by atoms with Crippen molar-refractivity contribution >= 4 is 31.9 Å². The van der Waals surface area contributed by atoms with Gasteiger partial charge < -0.3 is 19.7 Å². The summed E-state index contributed by atoms with van der Waals surface area (Å²) in [6.07, 6.45) is 14.4. The third kappa shape index (κ3) is 13.7. The maximum Gasteiger partial charge on any atom is 0.133 e. The van der Waals surface area contributed by atoms with Crippen LogP contribution in [0.2, 0.25) is 0 Å². The SMILES string of the molecule is CNCCCOc1ccc(CCn2cc(CCCCCCc3cn(CCc4ccc(OCCCN(C)C)c(Br)c4)nn3)nn2)cc1Br. The fraction of sp³-hybridized carbons (Fsp3) is 0.543. The first-order valence-corrected chi connectivity index (χ1v) is 18.4. The second kappa shape index (κ2) is 20.5. The normalized spacial score (nSPS) is 11.4. The van der Waals surface area contributed by atoms with Gasteiger partial charge in [-0.05, 0) is 146 Å². The van der Waals surface area contributed by atoms with Gasteiger partial charge in [-0.2, -0.15) is 0 Å². The molecule has 2 aromatic heterocycles. The smallest absolute Gasteiger partial charge is 0.133 e. The zero-order chi connectivity index (χ0) is 33.3. The fourth-order valence-corrected chi connectivity index (χ4v) is 6.29. The molecule has 0 fully saturated rings. The molecule has 47 heavy (non-hydrogen) atoms. The maximum atomic E-state index is 5.92. The van der Waals surface area contributed by atoms with Crippen molar-refractivity contribution in [2.24, 2.45) is 0 Å². The summed E-state index contributed by atoms with van der Waals surface area (Å²) in [6.45, 7) is 5.00. The minimum Gasteiger partial charge on any atom is -0.492 e. The molecule has 0 saturated carbocycles. The molecule has 0 aliphatic carbocycles. The minimum atomic E-state index is 0.702. The highest BCUT2D eigenvalue weighted by Gasteiger charge is 2.08. The highest BCUT2D eigenvalue weighted by atomic mass is 79.9. The lowest BCUT2D eigenvalue weighted by atomic mass is 10.1. The zero-order valence-corrected chi connectivity index (χ0v) is 31.3. The van der Waals surface area contributed by atoms with E-state index in [1.807, 2.05) is 22.5 Å². The molecule has 0 saturated heterocycles. The molecular weight excluding hydrogens is 724 g/mol. The third-order valence-electron chi connectivity index (χ3n) is 7.88. The van der Waals surface area contributed by atoms with Crippen LogP contribution in [0, 0.1) is 0 Å². The molecule has 4 rings (SSSR count). The molecule has 0 bridgehead atoms. The number of aryl methyl sites for hydroxylation is 6. The van der Waals surface area contributed by atoms with Crippen LogP contribution in [0.1, 0.15) is 61.0 Å². The second-order valence-electron chi connectivity index (χ2n) is 12.2. The van der Waals surface area contributed by atoms with Gasteiger partial charge in [-0.25, -0.2) is 0 Å². The van der Waals surface area contributed by atoms with Gasteiger partial charge in [0.1, 0.15) is 11.5 Å². The minimum absolute atomic E-state index is 0.702. The molecule has 2 aromatic carbocycles. The van der Waals surface area contributed by atoms with Crippen molar-refractivity contribution in [1.29, 1.82) is 0 Å². The Labute approximate surface area is 296 Å². The summed E-state index contributed by atoms with van der Waals surface area (Å²) >= 11 is 7.31. The Balaban J connectivity index is 1.06. The first kappa shape index (κ1) is 37.0. The van der Waals surface area contributed by atoms with Crippen LogP contribution in [0.25, 0.3) is 0 Å². The summed E-state index contributed by atoms with van der Waals surface area (Å²) < 4.78 is 17.7. The summed E-state index contributed by atoms with van der Waals surface area (Å²) in [4.78, 5) is 2.17. The average molecular weight is 775 g/mol. The molecule has 10 nitrogen and oxygen atoms in total. The van der Waals surface area contributed by atoms with Crippen molar-refractivity contribution in [3.63, 3.8) is 0 Å². The van der Waals surface area contributed by atoms with Crippen molar-refractivity contribution in [2.75, 3.05) is 47.4 Å². The summed E-state index contributed by atoms with van der Waals surface area (Å²) in [5.41, 5.74) is 4.62. The number of aromatic nitrogens is 6. The van der Waals surface area contributed by atoms with E-state index >= 15 is 0 Å². The van der Waals surface area contributed by atoms with Gasteiger partial charge in [0.2, 0.25) is 0 Å². The maximum absolute atomic E-state index is 5.92. The summed E-state index contributed by atoms with van der Waals surface area (Å²) in [5, 5.41) is 20.6. The lowest BCUT2D eigenvalue weighted by molar-refractivity contribution is 0.280. The van der Waals surface area contributed by atoms with E-state index in [1.54, 1.807) is 0 Å². The Morgan fingerprint density at radius 1 is 0.681 bits per heavy atom. The summed E-state index contributed by atoms with van der Waals surface area (Å²) in [7, 11) is 6.11. The van der Waals surface area contributed by atoms with E-state index in [2.05, 4.69) is 120 Å². The molecule has 4 aromatic rings. The molecule has 0 aliphatic rings. The molecule has 0 amide bonds. The van der Waals surface area contributed by atoms with E-state index in [0.29, 0.717) is 13.2 Å². The summed E-state index contributed by atoms with van der Waals surface area (Å²) in [6, 6.07) is 12.6. The van der Waals surface area contributed by atoms with E-state index in [0.717, 1.165) is 109 Å². The zero-order valence-electron chi connectivity index (χ0n) is 28.1. The van der Waals surface area contributed by atoms with Gasteiger partial charge >= 0.3 is 0 Å². The van der Waals surface area contributed by atoms with Gasteiger partial charge in [-0.15, -0.1) is 10.2 Å². The van der Waals surface area contributed by atoms with E-state index in [1.165, 1.54) is 24.0 Å². The number of rotatable bonds is 23. The number of halogens is 2. The summed E-state index contributed by atoms with van der Waals surface area (Å²) in [5.74, 6) is 1.78. The Kier molecular flexibility index (Phi) is 16.2. The molecule has 0 spiro atoms. The van der Waals surface area contributed by atoms with Crippen LogP contribution in [0.15, 0.2) is 57.7 Å². The Morgan fingerprint density at radius 2 is 1.19 bits per heavy atom. The largest absolute Gasteiger partial charge is 0.492 e. The van der Waals surface area contributed by atoms with Gasteiger partial charge in [0, 0.05) is 32.0 Å². The Bertz CT molecular complexity index is 1480. The Morgan fingerprint density at radius 3 is 1.66 bits per heavy atom. The van der Waals surface area contributed by atoms with Crippen LogP contribution < -0.4 is 14.8 Å². The quantitative estimate of drug-likeness (QED) is 0.0850. The van der Waals surface area contributed by atoms with Gasteiger partial charge in [0.05, 0.1) is 33.5 Å². The molecule has 0 radical (unpaired) electrons. The second-order valence-corrected chi connectivity index (χ2v) is 13.9. The van der Waals surface area contributed by atoms with Crippen molar-refractivity contribution in [1.82, 2.24) is 40.2 Å². The molecule has 0 atom stereocenters. The van der Waals surface area contributed by atoms with Crippen molar-refractivity contribution < 1.29 is 9.47 Å².